The minimum absolute atomic E-state index is 0. The molecule has 0 atom stereocenters. The second kappa shape index (κ2) is 7.85. The summed E-state index contributed by atoms with van der Waals surface area (Å²) in [6, 6.07) is 5.63. The zero-order valence-corrected chi connectivity index (χ0v) is 12.8. The molecule has 1 aromatic carbocycles. The van der Waals surface area contributed by atoms with Crippen molar-refractivity contribution in [3.05, 3.63) is 59.1 Å². The molecule has 0 heterocycles. The van der Waals surface area contributed by atoms with Crippen LogP contribution in [-0.2, 0) is 6.54 Å². The quantitative estimate of drug-likeness (QED) is 0.549. The topological polar surface area (TPSA) is 0 Å². The lowest BCUT2D eigenvalue weighted by atomic mass is 10.2. The van der Waals surface area contributed by atoms with Crippen LogP contribution in [0.15, 0.2) is 43.5 Å². The summed E-state index contributed by atoms with van der Waals surface area (Å²) < 4.78 is 0.814. The summed E-state index contributed by atoms with van der Waals surface area (Å²) in [6.07, 6.45) is 3.85. The SMILES string of the molecule is C=CC[N+](C)(CC=C)Cc1ccc(Cl)cc1Cl.[Cl-]. The summed E-state index contributed by atoms with van der Waals surface area (Å²) in [6.45, 7) is 10.2. The van der Waals surface area contributed by atoms with Crippen LogP contribution in [0.4, 0.5) is 0 Å². The summed E-state index contributed by atoms with van der Waals surface area (Å²) >= 11 is 12.1. The summed E-state index contributed by atoms with van der Waals surface area (Å²) in [7, 11) is 2.16. The zero-order valence-electron chi connectivity index (χ0n) is 10.5. The van der Waals surface area contributed by atoms with E-state index in [9.17, 15) is 0 Å². The number of rotatable bonds is 6. The molecule has 1 rings (SSSR count). The van der Waals surface area contributed by atoms with Crippen LogP contribution < -0.4 is 12.4 Å². The predicted octanol–water partition coefficient (Wildman–Crippen LogP) is 1.32. The molecule has 0 radical (unpaired) electrons. The smallest absolute Gasteiger partial charge is 0.106 e. The highest BCUT2D eigenvalue weighted by atomic mass is 35.5. The molecular formula is C14H18Cl3N. The second-order valence-corrected chi connectivity index (χ2v) is 5.30. The van der Waals surface area contributed by atoms with Gasteiger partial charge < -0.3 is 16.9 Å². The van der Waals surface area contributed by atoms with Crippen molar-refractivity contribution in [3.8, 4) is 0 Å². The summed E-state index contributed by atoms with van der Waals surface area (Å²) in [4.78, 5) is 0. The molecule has 4 heteroatoms. The Morgan fingerprint density at radius 1 is 1.17 bits per heavy atom. The third-order valence-electron chi connectivity index (χ3n) is 2.71. The highest BCUT2D eigenvalue weighted by molar-refractivity contribution is 6.35. The first-order chi connectivity index (χ1) is 8.00. The van der Waals surface area contributed by atoms with Crippen LogP contribution in [-0.4, -0.2) is 24.6 Å². The first-order valence-corrected chi connectivity index (χ1v) is 6.25. The van der Waals surface area contributed by atoms with Crippen molar-refractivity contribution in [3.63, 3.8) is 0 Å². The summed E-state index contributed by atoms with van der Waals surface area (Å²) in [5.74, 6) is 0. The summed E-state index contributed by atoms with van der Waals surface area (Å²) in [5, 5.41) is 1.38. The molecule has 1 nitrogen and oxygen atoms in total. The highest BCUT2D eigenvalue weighted by Gasteiger charge is 2.20. The number of hydrogen-bond acceptors (Lipinski definition) is 0. The molecule has 0 aliphatic heterocycles. The van der Waals surface area contributed by atoms with E-state index in [4.69, 9.17) is 23.2 Å². The predicted molar refractivity (Wildman–Crippen MR) is 76.5 cm³/mol. The molecule has 0 saturated carbocycles. The molecule has 100 valence electrons. The van der Waals surface area contributed by atoms with Gasteiger partial charge in [-0.2, -0.15) is 0 Å². The molecule has 0 aliphatic rings. The zero-order chi connectivity index (χ0) is 12.9. The Bertz CT molecular complexity index is 406. The molecule has 0 bridgehead atoms. The number of quaternary nitrogens is 1. The number of benzene rings is 1. The Morgan fingerprint density at radius 2 is 1.72 bits per heavy atom. The van der Waals surface area contributed by atoms with E-state index in [1.165, 1.54) is 0 Å². The minimum Gasteiger partial charge on any atom is -1.00 e. The van der Waals surface area contributed by atoms with Crippen LogP contribution in [0.2, 0.25) is 10.0 Å². The maximum atomic E-state index is 6.19. The lowest BCUT2D eigenvalue weighted by molar-refractivity contribution is -0.911. The van der Waals surface area contributed by atoms with Gasteiger partial charge in [0.05, 0.1) is 25.2 Å². The lowest BCUT2D eigenvalue weighted by Gasteiger charge is -2.32. The Morgan fingerprint density at radius 3 is 2.17 bits per heavy atom. The fourth-order valence-electron chi connectivity index (χ4n) is 1.89. The molecule has 1 aromatic rings. The molecule has 0 unspecified atom stereocenters. The fraction of sp³-hybridized carbons (Fsp3) is 0.286. The van der Waals surface area contributed by atoms with Gasteiger partial charge in [-0.15, -0.1) is 0 Å². The van der Waals surface area contributed by atoms with Crippen molar-refractivity contribution in [2.24, 2.45) is 0 Å². The summed E-state index contributed by atoms with van der Waals surface area (Å²) in [5.41, 5.74) is 1.10. The number of nitrogens with zero attached hydrogens (tertiary/aromatic N) is 1. The van der Waals surface area contributed by atoms with E-state index in [1.807, 2.05) is 24.3 Å². The van der Waals surface area contributed by atoms with Crippen LogP contribution in [0.5, 0.6) is 0 Å². The maximum Gasteiger partial charge on any atom is 0.106 e. The number of likely N-dealkylation sites (N-methyl/N-ethyl adjacent to an activating group) is 1. The normalized spacial score (nSPS) is 10.6. The molecule has 0 fully saturated rings. The molecular weight excluding hydrogens is 289 g/mol. The first kappa shape index (κ1) is 17.5. The standard InChI is InChI=1S/C14H18Cl2N.ClH/c1-4-8-17(3,9-5-2)11-12-6-7-13(15)10-14(12)16;/h4-7,10H,1-2,8-9,11H2,3H3;1H/q+1;/p-1. The van der Waals surface area contributed by atoms with Crippen molar-refractivity contribution in [2.45, 2.75) is 6.54 Å². The van der Waals surface area contributed by atoms with Gasteiger partial charge in [0.2, 0.25) is 0 Å². The molecule has 0 aliphatic carbocycles. The maximum absolute atomic E-state index is 6.19. The molecule has 0 amide bonds. The first-order valence-electron chi connectivity index (χ1n) is 5.50. The average Bonchev–Trinajstić information content (AvgIpc) is 2.23. The van der Waals surface area contributed by atoms with Gasteiger partial charge in [0.25, 0.3) is 0 Å². The van der Waals surface area contributed by atoms with E-state index < -0.39 is 0 Å². The van der Waals surface area contributed by atoms with E-state index in [0.29, 0.717) is 5.02 Å². The van der Waals surface area contributed by atoms with E-state index in [-0.39, 0.29) is 12.4 Å². The van der Waals surface area contributed by atoms with Crippen LogP contribution in [0.25, 0.3) is 0 Å². The number of hydrogen-bond donors (Lipinski definition) is 0. The van der Waals surface area contributed by atoms with Gasteiger partial charge in [-0.05, 0) is 24.3 Å². The van der Waals surface area contributed by atoms with Crippen molar-refractivity contribution in [2.75, 3.05) is 20.1 Å². The van der Waals surface area contributed by atoms with Crippen LogP contribution in [0, 0.1) is 0 Å². The third-order valence-corrected chi connectivity index (χ3v) is 3.29. The molecule has 0 saturated heterocycles. The Balaban J connectivity index is 0.00000289. The van der Waals surface area contributed by atoms with Gasteiger partial charge >= 0.3 is 0 Å². The van der Waals surface area contributed by atoms with Gasteiger partial charge in [-0.25, -0.2) is 0 Å². The molecule has 18 heavy (non-hydrogen) atoms. The Hall–Kier alpha value is -0.470. The van der Waals surface area contributed by atoms with Crippen molar-refractivity contribution < 1.29 is 16.9 Å². The van der Waals surface area contributed by atoms with Crippen molar-refractivity contribution in [1.29, 1.82) is 0 Å². The van der Waals surface area contributed by atoms with E-state index in [0.717, 1.165) is 34.7 Å². The number of halogens is 3. The monoisotopic (exact) mass is 305 g/mol. The third kappa shape index (κ3) is 5.03. The van der Waals surface area contributed by atoms with Gasteiger partial charge in [0.15, 0.2) is 0 Å². The van der Waals surface area contributed by atoms with Gasteiger partial charge in [0.1, 0.15) is 6.54 Å². The second-order valence-electron chi connectivity index (χ2n) is 4.46. The minimum atomic E-state index is 0. The molecule has 0 aromatic heterocycles. The van der Waals surface area contributed by atoms with Gasteiger partial charge in [-0.1, -0.05) is 42.4 Å². The van der Waals surface area contributed by atoms with E-state index >= 15 is 0 Å². The van der Waals surface area contributed by atoms with Crippen LogP contribution in [0.1, 0.15) is 5.56 Å². The van der Waals surface area contributed by atoms with Gasteiger partial charge in [0, 0.05) is 10.6 Å². The molecule has 0 spiro atoms. The van der Waals surface area contributed by atoms with Crippen molar-refractivity contribution >= 4 is 23.2 Å². The van der Waals surface area contributed by atoms with Crippen LogP contribution in [0.3, 0.4) is 0 Å². The van der Waals surface area contributed by atoms with E-state index in [1.54, 1.807) is 6.07 Å². The van der Waals surface area contributed by atoms with Crippen LogP contribution >= 0.6 is 23.2 Å². The fourth-order valence-corrected chi connectivity index (χ4v) is 2.36. The lowest BCUT2D eigenvalue weighted by Crippen LogP contribution is -3.00. The largest absolute Gasteiger partial charge is 1.00 e. The Labute approximate surface area is 126 Å². The van der Waals surface area contributed by atoms with Crippen molar-refractivity contribution in [1.82, 2.24) is 0 Å². The Kier molecular flexibility index (Phi) is 7.65. The highest BCUT2D eigenvalue weighted by Crippen LogP contribution is 2.24. The van der Waals surface area contributed by atoms with E-state index in [2.05, 4.69) is 20.2 Å². The average molecular weight is 307 g/mol. The molecule has 0 N–H and O–H groups in total. The van der Waals surface area contributed by atoms with Gasteiger partial charge in [-0.3, -0.25) is 0 Å².